The van der Waals surface area contributed by atoms with Crippen LogP contribution in [0.2, 0.25) is 10.0 Å². The van der Waals surface area contributed by atoms with Crippen LogP contribution in [0.15, 0.2) is 65.2 Å². The number of carbonyl (C=O) groups excluding carboxylic acids is 1. The van der Waals surface area contributed by atoms with E-state index in [0.717, 1.165) is 6.07 Å². The van der Waals surface area contributed by atoms with Crippen molar-refractivity contribution in [1.82, 2.24) is 9.78 Å². The van der Waals surface area contributed by atoms with Gasteiger partial charge in [-0.1, -0.05) is 29.3 Å². The van der Waals surface area contributed by atoms with Gasteiger partial charge in [0.25, 0.3) is 5.91 Å². The molecule has 0 unspecified atom stereocenters. The quantitative estimate of drug-likeness (QED) is 0.357. The highest BCUT2D eigenvalue weighted by molar-refractivity contribution is 6.32. The van der Waals surface area contributed by atoms with Crippen molar-refractivity contribution in [3.05, 3.63) is 99.6 Å². The first-order valence-corrected chi connectivity index (χ1v) is 10.1. The highest BCUT2D eigenvalue weighted by Crippen LogP contribution is 2.26. The zero-order valence-corrected chi connectivity index (χ0v) is 17.8. The normalized spacial score (nSPS) is 10.9. The smallest absolute Gasteiger partial charge is 0.292 e. The van der Waals surface area contributed by atoms with Gasteiger partial charge in [-0.15, -0.1) is 0 Å². The summed E-state index contributed by atoms with van der Waals surface area (Å²) in [4.78, 5) is 12.4. The van der Waals surface area contributed by atoms with Gasteiger partial charge >= 0.3 is 0 Å². The van der Waals surface area contributed by atoms with Gasteiger partial charge in [0, 0.05) is 17.3 Å². The Morgan fingerprint density at radius 2 is 1.78 bits per heavy atom. The van der Waals surface area contributed by atoms with Crippen molar-refractivity contribution in [3.63, 3.8) is 0 Å². The van der Waals surface area contributed by atoms with E-state index in [2.05, 4.69) is 10.4 Å². The summed E-state index contributed by atoms with van der Waals surface area (Å²) in [7, 11) is 0. The predicted molar refractivity (Wildman–Crippen MR) is 115 cm³/mol. The Bertz CT molecular complexity index is 1270. The number of rotatable bonds is 7. The summed E-state index contributed by atoms with van der Waals surface area (Å²) in [6, 6.07) is 12.6. The van der Waals surface area contributed by atoms with Crippen LogP contribution in [0.3, 0.4) is 0 Å². The molecule has 2 aromatic carbocycles. The minimum absolute atomic E-state index is 0.00564. The van der Waals surface area contributed by atoms with Crippen LogP contribution in [0.5, 0.6) is 5.75 Å². The van der Waals surface area contributed by atoms with Crippen molar-refractivity contribution >= 4 is 34.9 Å². The van der Waals surface area contributed by atoms with Gasteiger partial charge in [0.2, 0.25) is 0 Å². The van der Waals surface area contributed by atoms with Crippen molar-refractivity contribution in [2.75, 3.05) is 5.32 Å². The lowest BCUT2D eigenvalue weighted by Gasteiger charge is -2.06. The molecule has 2 heterocycles. The lowest BCUT2D eigenvalue weighted by Crippen LogP contribution is -2.12. The summed E-state index contributed by atoms with van der Waals surface area (Å²) < 4.78 is 38.8. The van der Waals surface area contributed by atoms with Gasteiger partial charge in [0.05, 0.1) is 11.6 Å². The second-order valence-corrected chi connectivity index (χ2v) is 7.53. The average molecular weight is 478 g/mol. The Hall–Kier alpha value is -3.36. The van der Waals surface area contributed by atoms with Gasteiger partial charge in [0.1, 0.15) is 29.8 Å². The second kappa shape index (κ2) is 9.42. The van der Waals surface area contributed by atoms with Crippen LogP contribution < -0.4 is 10.1 Å². The van der Waals surface area contributed by atoms with Gasteiger partial charge in [-0.05, 0) is 48.0 Å². The summed E-state index contributed by atoms with van der Waals surface area (Å²) in [5.74, 6) is -0.348. The Kier molecular flexibility index (Phi) is 6.43. The molecule has 1 amide bonds. The Morgan fingerprint density at radius 1 is 1.03 bits per heavy atom. The molecule has 4 aromatic rings. The number of hydrogen-bond donors (Lipinski definition) is 1. The number of benzene rings is 2. The predicted octanol–water partition coefficient (Wildman–Crippen LogP) is 5.94. The van der Waals surface area contributed by atoms with E-state index < -0.39 is 17.5 Å². The molecular weight excluding hydrogens is 463 g/mol. The molecule has 0 spiro atoms. The largest absolute Gasteiger partial charge is 0.484 e. The molecule has 32 heavy (non-hydrogen) atoms. The number of carbonyl (C=O) groups is 1. The number of amides is 1. The van der Waals surface area contributed by atoms with Crippen LogP contribution in [-0.4, -0.2) is 15.7 Å². The van der Waals surface area contributed by atoms with Crippen LogP contribution >= 0.6 is 23.2 Å². The van der Waals surface area contributed by atoms with Crippen molar-refractivity contribution < 1.29 is 22.7 Å². The van der Waals surface area contributed by atoms with Crippen molar-refractivity contribution in [1.29, 1.82) is 0 Å². The third-order valence-electron chi connectivity index (χ3n) is 4.38. The summed E-state index contributed by atoms with van der Waals surface area (Å²) in [5.41, 5.74) is 0.686. The monoisotopic (exact) mass is 477 g/mol. The molecule has 0 fully saturated rings. The molecule has 2 aromatic heterocycles. The fourth-order valence-electron chi connectivity index (χ4n) is 2.84. The number of hydrogen-bond acceptors (Lipinski definition) is 4. The zero-order valence-electron chi connectivity index (χ0n) is 16.3. The van der Waals surface area contributed by atoms with E-state index in [-0.39, 0.29) is 17.4 Å². The Labute approximate surface area is 191 Å². The summed E-state index contributed by atoms with van der Waals surface area (Å²) in [6.45, 7) is 0.314. The van der Waals surface area contributed by atoms with Gasteiger partial charge in [-0.25, -0.2) is 8.78 Å². The number of halogens is 4. The Morgan fingerprint density at radius 3 is 2.53 bits per heavy atom. The lowest BCUT2D eigenvalue weighted by atomic mass is 10.2. The van der Waals surface area contributed by atoms with Crippen LogP contribution in [0.4, 0.5) is 14.6 Å². The number of nitrogens with one attached hydrogen (secondary N) is 1. The number of ether oxygens (including phenoxy) is 1. The topological polar surface area (TPSA) is 69.3 Å². The molecule has 0 atom stereocenters. The number of aromatic nitrogens is 2. The molecule has 1 N–H and O–H groups in total. The first kappa shape index (κ1) is 21.9. The molecule has 0 aliphatic heterocycles. The van der Waals surface area contributed by atoms with E-state index >= 15 is 0 Å². The SMILES string of the molecule is O=C(Nc1ccn(Cc2ccc(F)cc2Cl)n1)c1ccc(COc2ccc(F)cc2Cl)o1. The Balaban J connectivity index is 1.35. The van der Waals surface area contributed by atoms with Crippen LogP contribution in [-0.2, 0) is 13.2 Å². The fourth-order valence-corrected chi connectivity index (χ4v) is 3.29. The maximum absolute atomic E-state index is 13.2. The summed E-state index contributed by atoms with van der Waals surface area (Å²) in [5, 5.41) is 7.31. The van der Waals surface area contributed by atoms with Crippen LogP contribution in [0.1, 0.15) is 21.9 Å². The first-order chi connectivity index (χ1) is 15.4. The highest BCUT2D eigenvalue weighted by Gasteiger charge is 2.14. The van der Waals surface area contributed by atoms with Crippen LogP contribution in [0, 0.1) is 11.6 Å². The van der Waals surface area contributed by atoms with Gasteiger partial charge in [-0.2, -0.15) is 5.10 Å². The molecular formula is C22H15Cl2F2N3O3. The number of anilines is 1. The molecule has 0 aliphatic carbocycles. The van der Waals surface area contributed by atoms with E-state index in [9.17, 15) is 13.6 Å². The number of nitrogens with zero attached hydrogens (tertiary/aromatic N) is 2. The van der Waals surface area contributed by atoms with Gasteiger partial charge in [-0.3, -0.25) is 9.48 Å². The third kappa shape index (κ3) is 5.27. The lowest BCUT2D eigenvalue weighted by molar-refractivity contribution is 0.0992. The van der Waals surface area contributed by atoms with Crippen molar-refractivity contribution in [2.24, 2.45) is 0 Å². The average Bonchev–Trinajstić information content (AvgIpc) is 3.39. The fraction of sp³-hybridized carbons (Fsp3) is 0.0909. The molecule has 0 bridgehead atoms. The zero-order chi connectivity index (χ0) is 22.7. The molecule has 164 valence electrons. The molecule has 6 nitrogen and oxygen atoms in total. The maximum atomic E-state index is 13.2. The molecule has 10 heteroatoms. The summed E-state index contributed by atoms with van der Waals surface area (Å²) in [6.07, 6.45) is 1.66. The molecule has 0 saturated carbocycles. The number of furan rings is 1. The summed E-state index contributed by atoms with van der Waals surface area (Å²) >= 11 is 12.0. The minimum Gasteiger partial charge on any atom is -0.484 e. The standard InChI is InChI=1S/C22H15Cl2F2N3O3/c23-17-9-14(25)2-1-13(17)11-29-8-7-21(28-29)27-22(30)20-6-4-16(32-20)12-31-19-5-3-15(26)10-18(19)24/h1-10H,11-12H2,(H,27,28,30). The van der Waals surface area contributed by atoms with Gasteiger partial charge in [0.15, 0.2) is 11.6 Å². The van der Waals surface area contributed by atoms with E-state index in [0.29, 0.717) is 34.5 Å². The van der Waals surface area contributed by atoms with E-state index in [1.807, 2.05) is 0 Å². The van der Waals surface area contributed by atoms with E-state index in [1.165, 1.54) is 30.3 Å². The first-order valence-electron chi connectivity index (χ1n) is 9.33. The van der Waals surface area contributed by atoms with E-state index in [1.54, 1.807) is 29.1 Å². The molecule has 0 aliphatic rings. The van der Waals surface area contributed by atoms with Crippen molar-refractivity contribution in [2.45, 2.75) is 13.2 Å². The van der Waals surface area contributed by atoms with E-state index in [4.69, 9.17) is 32.4 Å². The molecule has 0 radical (unpaired) electrons. The van der Waals surface area contributed by atoms with Gasteiger partial charge < -0.3 is 14.5 Å². The van der Waals surface area contributed by atoms with Crippen molar-refractivity contribution in [3.8, 4) is 5.75 Å². The second-order valence-electron chi connectivity index (χ2n) is 6.72. The third-order valence-corrected chi connectivity index (χ3v) is 5.03. The molecule has 0 saturated heterocycles. The van der Waals surface area contributed by atoms with Crippen LogP contribution in [0.25, 0.3) is 0 Å². The molecule has 4 rings (SSSR count). The maximum Gasteiger partial charge on any atom is 0.292 e. The minimum atomic E-state index is -0.499. The highest BCUT2D eigenvalue weighted by atomic mass is 35.5.